The van der Waals surface area contributed by atoms with Gasteiger partial charge in [-0.25, -0.2) is 13.1 Å². The number of hydrogen-bond donors (Lipinski definition) is 0. The Bertz CT molecular complexity index is 1310. The lowest BCUT2D eigenvalue weighted by atomic mass is 10.1. The molecule has 0 unspecified atom stereocenters. The van der Waals surface area contributed by atoms with E-state index in [2.05, 4.69) is 5.10 Å². The van der Waals surface area contributed by atoms with Gasteiger partial charge in [0.2, 0.25) is 0 Å². The number of sulfone groups is 1. The minimum atomic E-state index is -4.39. The molecule has 11 heteroatoms. The number of aryl methyl sites for hydroxylation is 1. The van der Waals surface area contributed by atoms with E-state index in [-0.39, 0.29) is 16.4 Å². The van der Waals surface area contributed by atoms with E-state index >= 15 is 0 Å². The van der Waals surface area contributed by atoms with Gasteiger partial charge < -0.3 is 9.80 Å². The Kier molecular flexibility index (Phi) is 6.15. The molecule has 1 aliphatic heterocycles. The summed E-state index contributed by atoms with van der Waals surface area (Å²) < 4.78 is 64.2. The predicted octanol–water partition coefficient (Wildman–Crippen LogP) is 3.57. The zero-order valence-electron chi connectivity index (χ0n) is 18.6. The lowest BCUT2D eigenvalue weighted by molar-refractivity contribution is -0.137. The first-order valence-electron chi connectivity index (χ1n) is 10.5. The molecule has 0 radical (unpaired) electrons. The molecule has 0 aliphatic carbocycles. The van der Waals surface area contributed by atoms with Gasteiger partial charge in [-0.2, -0.15) is 18.3 Å². The third-order valence-electron chi connectivity index (χ3n) is 5.72. The lowest BCUT2D eigenvalue weighted by Gasteiger charge is -2.36. The SMILES string of the molecule is Cc1ccn(-c2ccc(S(C)(=O)=O)cc2C(=O)N2CCN(c3ccc(C(F)(F)F)cc3)CC2)n1. The maximum absolute atomic E-state index is 13.4. The summed E-state index contributed by atoms with van der Waals surface area (Å²) in [5, 5.41) is 4.35. The number of carbonyl (C=O) groups excluding carboxylic acids is 1. The van der Waals surface area contributed by atoms with Crippen LogP contribution in [0.4, 0.5) is 18.9 Å². The number of nitrogens with zero attached hydrogens (tertiary/aromatic N) is 4. The van der Waals surface area contributed by atoms with E-state index in [4.69, 9.17) is 0 Å². The molecular weight excluding hydrogens is 469 g/mol. The van der Waals surface area contributed by atoms with Crippen LogP contribution in [0.3, 0.4) is 0 Å². The Morgan fingerprint density at radius 2 is 1.62 bits per heavy atom. The minimum absolute atomic E-state index is 0.0341. The van der Waals surface area contributed by atoms with Crippen molar-refractivity contribution in [2.75, 3.05) is 37.3 Å². The number of carbonyl (C=O) groups is 1. The van der Waals surface area contributed by atoms with Crippen LogP contribution in [0, 0.1) is 6.92 Å². The first-order valence-corrected chi connectivity index (χ1v) is 12.4. The lowest BCUT2D eigenvalue weighted by Crippen LogP contribution is -2.49. The van der Waals surface area contributed by atoms with Gasteiger partial charge in [-0.05, 0) is 55.5 Å². The summed E-state index contributed by atoms with van der Waals surface area (Å²) in [4.78, 5) is 17.0. The van der Waals surface area contributed by atoms with Crippen LogP contribution in [0.5, 0.6) is 0 Å². The van der Waals surface area contributed by atoms with Crippen LogP contribution in [-0.4, -0.2) is 61.4 Å². The summed E-state index contributed by atoms with van der Waals surface area (Å²) in [6.07, 6.45) is -1.61. The number of rotatable bonds is 4. The molecule has 0 saturated carbocycles. The molecule has 0 bridgehead atoms. The first kappa shape index (κ1) is 23.8. The van der Waals surface area contributed by atoms with Crippen molar-refractivity contribution in [2.24, 2.45) is 0 Å². The van der Waals surface area contributed by atoms with Crippen molar-refractivity contribution < 1.29 is 26.4 Å². The van der Waals surface area contributed by atoms with Gasteiger partial charge in [-0.3, -0.25) is 4.79 Å². The average Bonchev–Trinajstić information content (AvgIpc) is 3.23. The summed E-state index contributed by atoms with van der Waals surface area (Å²) in [7, 11) is -3.53. The molecule has 1 aromatic heterocycles. The van der Waals surface area contributed by atoms with Crippen molar-refractivity contribution >= 4 is 21.4 Å². The fourth-order valence-electron chi connectivity index (χ4n) is 3.87. The Balaban J connectivity index is 1.55. The van der Waals surface area contributed by atoms with E-state index < -0.39 is 21.6 Å². The van der Waals surface area contributed by atoms with Gasteiger partial charge in [0.15, 0.2) is 9.84 Å². The van der Waals surface area contributed by atoms with Gasteiger partial charge in [0.05, 0.1) is 27.4 Å². The summed E-state index contributed by atoms with van der Waals surface area (Å²) in [6, 6.07) is 11.1. The van der Waals surface area contributed by atoms with E-state index in [0.717, 1.165) is 24.1 Å². The van der Waals surface area contributed by atoms with Crippen LogP contribution in [0.2, 0.25) is 0 Å². The standard InChI is InChI=1S/C23H23F3N4O3S/c1-16-9-10-30(27-16)21-8-7-19(34(2,32)33)15-20(21)22(31)29-13-11-28(12-14-29)18-5-3-17(4-6-18)23(24,25)26/h3-10,15H,11-14H2,1-2H3. The molecule has 180 valence electrons. The highest BCUT2D eigenvalue weighted by Crippen LogP contribution is 2.31. The minimum Gasteiger partial charge on any atom is -0.368 e. The Morgan fingerprint density at radius 1 is 0.971 bits per heavy atom. The van der Waals surface area contributed by atoms with Crippen molar-refractivity contribution in [1.29, 1.82) is 0 Å². The predicted molar refractivity (Wildman–Crippen MR) is 121 cm³/mol. The highest BCUT2D eigenvalue weighted by molar-refractivity contribution is 7.90. The molecule has 1 amide bonds. The molecule has 1 aliphatic rings. The molecule has 34 heavy (non-hydrogen) atoms. The molecule has 3 aromatic rings. The second-order valence-corrected chi connectivity index (χ2v) is 10.2. The number of aromatic nitrogens is 2. The molecule has 7 nitrogen and oxygen atoms in total. The maximum atomic E-state index is 13.4. The number of anilines is 1. The van der Waals surface area contributed by atoms with E-state index in [1.807, 2.05) is 11.8 Å². The van der Waals surface area contributed by atoms with Gasteiger partial charge in [0, 0.05) is 44.3 Å². The number of piperazine rings is 1. The van der Waals surface area contributed by atoms with E-state index in [0.29, 0.717) is 37.6 Å². The van der Waals surface area contributed by atoms with Crippen molar-refractivity contribution in [3.05, 3.63) is 71.5 Å². The number of amides is 1. The zero-order valence-corrected chi connectivity index (χ0v) is 19.4. The number of alkyl halides is 3. The second-order valence-electron chi connectivity index (χ2n) is 8.18. The normalized spacial score (nSPS) is 15.0. The first-order chi connectivity index (χ1) is 15.9. The molecule has 2 aromatic carbocycles. The van der Waals surface area contributed by atoms with Gasteiger partial charge in [-0.1, -0.05) is 0 Å². The summed E-state index contributed by atoms with van der Waals surface area (Å²) in [5.74, 6) is -0.333. The maximum Gasteiger partial charge on any atom is 0.416 e. The van der Waals surface area contributed by atoms with E-state index in [9.17, 15) is 26.4 Å². The molecular formula is C23H23F3N4O3S. The topological polar surface area (TPSA) is 75.5 Å². The average molecular weight is 493 g/mol. The summed E-state index contributed by atoms with van der Waals surface area (Å²) in [5.41, 5.74) is 1.37. The van der Waals surface area contributed by atoms with Crippen LogP contribution < -0.4 is 4.90 Å². The van der Waals surface area contributed by atoms with E-state index in [1.165, 1.54) is 28.9 Å². The van der Waals surface area contributed by atoms with Gasteiger partial charge >= 0.3 is 6.18 Å². The fraction of sp³-hybridized carbons (Fsp3) is 0.304. The van der Waals surface area contributed by atoms with Crippen LogP contribution in [0.1, 0.15) is 21.6 Å². The highest BCUT2D eigenvalue weighted by Gasteiger charge is 2.31. The number of halogens is 3. The Labute approximate surface area is 195 Å². The molecule has 2 heterocycles. The van der Waals surface area contributed by atoms with Crippen molar-refractivity contribution in [3.8, 4) is 5.69 Å². The Morgan fingerprint density at radius 3 is 2.15 bits per heavy atom. The van der Waals surface area contributed by atoms with Crippen molar-refractivity contribution in [3.63, 3.8) is 0 Å². The van der Waals surface area contributed by atoms with Crippen molar-refractivity contribution in [1.82, 2.24) is 14.7 Å². The molecule has 1 fully saturated rings. The molecule has 1 saturated heterocycles. The third kappa shape index (κ3) is 4.93. The Hall–Kier alpha value is -3.34. The smallest absolute Gasteiger partial charge is 0.368 e. The fourth-order valence-corrected chi connectivity index (χ4v) is 4.51. The third-order valence-corrected chi connectivity index (χ3v) is 6.83. The quantitative estimate of drug-likeness (QED) is 0.557. The number of hydrogen-bond acceptors (Lipinski definition) is 5. The van der Waals surface area contributed by atoms with Gasteiger partial charge in [0.1, 0.15) is 0 Å². The second kappa shape index (κ2) is 8.79. The zero-order chi connectivity index (χ0) is 24.7. The van der Waals surface area contributed by atoms with Crippen LogP contribution in [0.15, 0.2) is 59.6 Å². The number of benzene rings is 2. The van der Waals surface area contributed by atoms with Gasteiger partial charge in [-0.15, -0.1) is 0 Å². The molecule has 0 spiro atoms. The summed E-state index contributed by atoms with van der Waals surface area (Å²) in [6.45, 7) is 3.34. The summed E-state index contributed by atoms with van der Waals surface area (Å²) >= 11 is 0. The van der Waals surface area contributed by atoms with Crippen LogP contribution >= 0.6 is 0 Å². The van der Waals surface area contributed by atoms with Crippen LogP contribution in [-0.2, 0) is 16.0 Å². The molecule has 4 rings (SSSR count). The monoisotopic (exact) mass is 492 g/mol. The molecule has 0 N–H and O–H groups in total. The van der Waals surface area contributed by atoms with Crippen molar-refractivity contribution in [2.45, 2.75) is 18.0 Å². The molecule has 0 atom stereocenters. The van der Waals surface area contributed by atoms with Gasteiger partial charge in [0.25, 0.3) is 5.91 Å². The highest BCUT2D eigenvalue weighted by atomic mass is 32.2. The van der Waals surface area contributed by atoms with Crippen LogP contribution in [0.25, 0.3) is 5.69 Å². The van der Waals surface area contributed by atoms with E-state index in [1.54, 1.807) is 23.2 Å². The largest absolute Gasteiger partial charge is 0.416 e.